The molecule has 0 radical (unpaired) electrons. The molecule has 0 aliphatic rings. The van der Waals surface area contributed by atoms with Crippen LogP contribution >= 0.6 is 0 Å². The SMILES string of the molecule is COCCOCc1nnc(-c2ccccc2C(=O)O)o1. The van der Waals surface area contributed by atoms with Gasteiger partial charge in [0.2, 0.25) is 11.8 Å². The van der Waals surface area contributed by atoms with Gasteiger partial charge in [-0.15, -0.1) is 10.2 Å². The van der Waals surface area contributed by atoms with Crippen LogP contribution in [0.3, 0.4) is 0 Å². The summed E-state index contributed by atoms with van der Waals surface area (Å²) in [6.07, 6.45) is 0. The second-order valence-corrected chi connectivity index (χ2v) is 3.90. The number of aromatic carboxylic acids is 1. The van der Waals surface area contributed by atoms with Gasteiger partial charge in [-0.1, -0.05) is 12.1 Å². The molecule has 2 rings (SSSR count). The highest BCUT2D eigenvalue weighted by atomic mass is 16.5. The minimum absolute atomic E-state index is 0.114. The molecule has 2 aromatic rings. The Morgan fingerprint density at radius 3 is 2.85 bits per heavy atom. The number of hydrogen-bond donors (Lipinski definition) is 1. The molecule has 1 aromatic carbocycles. The lowest BCUT2D eigenvalue weighted by molar-refractivity contribution is 0.0519. The quantitative estimate of drug-likeness (QED) is 0.768. The summed E-state index contributed by atoms with van der Waals surface area (Å²) in [6.45, 7) is 1.05. The summed E-state index contributed by atoms with van der Waals surface area (Å²) < 4.78 is 15.5. The van der Waals surface area contributed by atoms with Crippen molar-refractivity contribution in [2.24, 2.45) is 0 Å². The second kappa shape index (κ2) is 6.78. The molecule has 1 aromatic heterocycles. The molecule has 106 valence electrons. The third-order valence-electron chi connectivity index (χ3n) is 2.51. The van der Waals surface area contributed by atoms with Crippen molar-refractivity contribution in [3.05, 3.63) is 35.7 Å². The number of carboxylic acids is 1. The first-order valence-electron chi connectivity index (χ1n) is 5.94. The fourth-order valence-electron chi connectivity index (χ4n) is 1.58. The molecule has 0 atom stereocenters. The van der Waals surface area contributed by atoms with Crippen molar-refractivity contribution in [3.63, 3.8) is 0 Å². The van der Waals surface area contributed by atoms with E-state index in [1.165, 1.54) is 6.07 Å². The molecule has 0 aliphatic heterocycles. The number of benzene rings is 1. The molecule has 7 heteroatoms. The summed E-state index contributed by atoms with van der Waals surface area (Å²) in [5.41, 5.74) is 0.499. The van der Waals surface area contributed by atoms with Gasteiger partial charge in [0.1, 0.15) is 6.61 Å². The zero-order valence-corrected chi connectivity index (χ0v) is 10.9. The maximum atomic E-state index is 11.1. The summed E-state index contributed by atoms with van der Waals surface area (Å²) in [5, 5.41) is 16.8. The van der Waals surface area contributed by atoms with Crippen molar-refractivity contribution in [1.29, 1.82) is 0 Å². The number of methoxy groups -OCH3 is 1. The van der Waals surface area contributed by atoms with E-state index in [2.05, 4.69) is 10.2 Å². The van der Waals surface area contributed by atoms with E-state index < -0.39 is 5.97 Å². The third kappa shape index (κ3) is 3.40. The number of carboxylic acid groups (broad SMARTS) is 1. The van der Waals surface area contributed by atoms with Gasteiger partial charge in [0, 0.05) is 7.11 Å². The largest absolute Gasteiger partial charge is 0.478 e. The van der Waals surface area contributed by atoms with Gasteiger partial charge in [-0.05, 0) is 12.1 Å². The van der Waals surface area contributed by atoms with Gasteiger partial charge in [0.05, 0.1) is 24.3 Å². The van der Waals surface area contributed by atoms with Crippen LogP contribution in [0.25, 0.3) is 11.5 Å². The van der Waals surface area contributed by atoms with Gasteiger partial charge in [0.15, 0.2) is 0 Å². The van der Waals surface area contributed by atoms with Crippen molar-refractivity contribution >= 4 is 5.97 Å². The molecule has 0 aliphatic carbocycles. The standard InChI is InChI=1S/C13H14N2O5/c1-18-6-7-19-8-11-14-15-12(20-11)9-4-2-3-5-10(9)13(16)17/h2-5H,6-8H2,1H3,(H,16,17). The Kier molecular flexibility index (Phi) is 4.80. The zero-order valence-electron chi connectivity index (χ0n) is 10.9. The van der Waals surface area contributed by atoms with Crippen molar-refractivity contribution < 1.29 is 23.8 Å². The monoisotopic (exact) mass is 278 g/mol. The summed E-state index contributed by atoms with van der Waals surface area (Å²) in [5.74, 6) is -0.596. The van der Waals surface area contributed by atoms with Crippen LogP contribution in [-0.4, -0.2) is 41.6 Å². The fourth-order valence-corrected chi connectivity index (χ4v) is 1.58. The number of aromatic nitrogens is 2. The number of hydrogen-bond acceptors (Lipinski definition) is 6. The Bertz CT molecular complexity index is 582. The van der Waals surface area contributed by atoms with E-state index in [0.29, 0.717) is 18.8 Å². The van der Waals surface area contributed by atoms with Gasteiger partial charge >= 0.3 is 5.97 Å². The molecule has 0 saturated heterocycles. The van der Waals surface area contributed by atoms with Crippen LogP contribution in [0.4, 0.5) is 0 Å². The van der Waals surface area contributed by atoms with Crippen LogP contribution in [0, 0.1) is 0 Å². The first-order chi connectivity index (χ1) is 9.72. The highest BCUT2D eigenvalue weighted by molar-refractivity contribution is 5.94. The van der Waals surface area contributed by atoms with Crippen molar-refractivity contribution in [2.45, 2.75) is 6.61 Å². The molecule has 0 unspecified atom stereocenters. The van der Waals surface area contributed by atoms with Gasteiger partial charge in [0.25, 0.3) is 0 Å². The molecule has 0 fully saturated rings. The first kappa shape index (κ1) is 14.2. The average molecular weight is 278 g/mol. The van der Waals surface area contributed by atoms with Crippen LogP contribution in [0.2, 0.25) is 0 Å². The molecular weight excluding hydrogens is 264 g/mol. The van der Waals surface area contributed by atoms with Crippen molar-refractivity contribution in [3.8, 4) is 11.5 Å². The highest BCUT2D eigenvalue weighted by Crippen LogP contribution is 2.22. The predicted octanol–water partition coefficient (Wildman–Crippen LogP) is 1.60. The average Bonchev–Trinajstić information content (AvgIpc) is 2.92. The van der Waals surface area contributed by atoms with Gasteiger partial charge < -0.3 is 19.0 Å². The van der Waals surface area contributed by atoms with Crippen LogP contribution in [0.5, 0.6) is 0 Å². The first-order valence-corrected chi connectivity index (χ1v) is 5.94. The van der Waals surface area contributed by atoms with E-state index in [1.807, 2.05) is 0 Å². The Morgan fingerprint density at radius 2 is 2.10 bits per heavy atom. The Labute approximate surface area is 115 Å². The van der Waals surface area contributed by atoms with E-state index in [9.17, 15) is 4.79 Å². The van der Waals surface area contributed by atoms with Crippen LogP contribution < -0.4 is 0 Å². The van der Waals surface area contributed by atoms with Gasteiger partial charge in [-0.25, -0.2) is 4.79 Å². The van der Waals surface area contributed by atoms with E-state index in [1.54, 1.807) is 25.3 Å². The van der Waals surface area contributed by atoms with Gasteiger partial charge in [-0.3, -0.25) is 0 Å². The number of ether oxygens (including phenoxy) is 2. The Morgan fingerprint density at radius 1 is 1.30 bits per heavy atom. The summed E-state index contributed by atoms with van der Waals surface area (Å²) in [6, 6.07) is 6.45. The lowest BCUT2D eigenvalue weighted by atomic mass is 10.1. The molecule has 0 amide bonds. The minimum atomic E-state index is -1.04. The maximum Gasteiger partial charge on any atom is 0.336 e. The van der Waals surface area contributed by atoms with Crippen LogP contribution in [0.1, 0.15) is 16.2 Å². The normalized spacial score (nSPS) is 10.7. The van der Waals surface area contributed by atoms with Crippen LogP contribution in [0.15, 0.2) is 28.7 Å². The molecule has 1 N–H and O–H groups in total. The summed E-state index contributed by atoms with van der Waals surface area (Å²) in [7, 11) is 1.58. The Balaban J connectivity index is 2.11. The Hall–Kier alpha value is -2.25. The minimum Gasteiger partial charge on any atom is -0.478 e. The van der Waals surface area contributed by atoms with E-state index in [4.69, 9.17) is 19.0 Å². The number of nitrogens with zero attached hydrogens (tertiary/aromatic N) is 2. The second-order valence-electron chi connectivity index (χ2n) is 3.90. The zero-order chi connectivity index (χ0) is 14.4. The maximum absolute atomic E-state index is 11.1. The number of rotatable bonds is 7. The molecular formula is C13H14N2O5. The lowest BCUT2D eigenvalue weighted by Gasteiger charge is -2.00. The summed E-state index contributed by atoms with van der Waals surface area (Å²) in [4.78, 5) is 11.1. The molecule has 20 heavy (non-hydrogen) atoms. The van der Waals surface area contributed by atoms with Crippen molar-refractivity contribution in [2.75, 3.05) is 20.3 Å². The van der Waals surface area contributed by atoms with E-state index in [-0.39, 0.29) is 24.0 Å². The smallest absolute Gasteiger partial charge is 0.336 e. The molecule has 1 heterocycles. The predicted molar refractivity (Wildman–Crippen MR) is 68.2 cm³/mol. The van der Waals surface area contributed by atoms with Crippen LogP contribution in [-0.2, 0) is 16.1 Å². The lowest BCUT2D eigenvalue weighted by Crippen LogP contribution is -2.01. The molecule has 0 saturated carbocycles. The molecule has 0 spiro atoms. The summed E-state index contributed by atoms with van der Waals surface area (Å²) >= 11 is 0. The molecule has 7 nitrogen and oxygen atoms in total. The van der Waals surface area contributed by atoms with Gasteiger partial charge in [-0.2, -0.15) is 0 Å². The number of carbonyl (C=O) groups is 1. The third-order valence-corrected chi connectivity index (χ3v) is 2.51. The van der Waals surface area contributed by atoms with E-state index >= 15 is 0 Å². The topological polar surface area (TPSA) is 94.7 Å². The molecule has 0 bridgehead atoms. The highest BCUT2D eigenvalue weighted by Gasteiger charge is 2.16. The fraction of sp³-hybridized carbons (Fsp3) is 0.308. The van der Waals surface area contributed by atoms with Crippen molar-refractivity contribution in [1.82, 2.24) is 10.2 Å². The van der Waals surface area contributed by atoms with E-state index in [0.717, 1.165) is 0 Å².